The lowest BCUT2D eigenvalue weighted by Crippen LogP contribution is -2.73. The first-order chi connectivity index (χ1) is 10.4. The molecule has 0 spiro atoms. The summed E-state index contributed by atoms with van der Waals surface area (Å²) >= 11 is 3.48. The Kier molecular flexibility index (Phi) is 5.51. The van der Waals surface area contributed by atoms with Crippen LogP contribution in [-0.2, 0) is 4.79 Å². The summed E-state index contributed by atoms with van der Waals surface area (Å²) in [6.07, 6.45) is 4.32. The number of rotatable bonds is 6. The SMILES string of the molecule is CCN(CC)C1N(c2ccc(SC)c(SC)c2)C(=O)C1(C)C. The van der Waals surface area contributed by atoms with Gasteiger partial charge in [0.15, 0.2) is 0 Å². The predicted octanol–water partition coefficient (Wildman–Crippen LogP) is 4.17. The number of amides is 1. The first kappa shape index (κ1) is 17.7. The minimum absolute atomic E-state index is 0.143. The summed E-state index contributed by atoms with van der Waals surface area (Å²) in [4.78, 5) is 19.5. The highest BCUT2D eigenvalue weighted by Crippen LogP contribution is 2.45. The van der Waals surface area contributed by atoms with Crippen LogP contribution >= 0.6 is 23.5 Å². The Morgan fingerprint density at radius 3 is 2.23 bits per heavy atom. The number of hydrogen-bond donors (Lipinski definition) is 0. The molecule has 22 heavy (non-hydrogen) atoms. The van der Waals surface area contributed by atoms with E-state index in [0.29, 0.717) is 0 Å². The van der Waals surface area contributed by atoms with Crippen LogP contribution in [0.4, 0.5) is 5.69 Å². The molecule has 1 atom stereocenters. The molecular formula is C17H26N2OS2. The van der Waals surface area contributed by atoms with Crippen LogP contribution in [0.1, 0.15) is 27.7 Å². The van der Waals surface area contributed by atoms with Gasteiger partial charge in [-0.15, -0.1) is 23.5 Å². The van der Waals surface area contributed by atoms with E-state index in [2.05, 4.69) is 63.3 Å². The molecule has 1 aliphatic rings. The molecule has 2 rings (SSSR count). The van der Waals surface area contributed by atoms with E-state index >= 15 is 0 Å². The van der Waals surface area contributed by atoms with Gasteiger partial charge in [-0.3, -0.25) is 14.6 Å². The molecule has 0 aliphatic carbocycles. The molecule has 0 saturated carbocycles. The molecule has 1 aromatic rings. The minimum atomic E-state index is -0.316. The zero-order chi connectivity index (χ0) is 16.5. The highest BCUT2D eigenvalue weighted by molar-refractivity contribution is 8.01. The normalized spacial score (nSPS) is 20.4. The fraction of sp³-hybridized carbons (Fsp3) is 0.588. The standard InChI is InChI=1S/C17H26N2OS2/c1-7-18(8-2)15-17(3,4)16(20)19(15)12-9-10-13(21-5)14(11-12)22-6/h9-11,15H,7-8H2,1-6H3. The van der Waals surface area contributed by atoms with Crippen molar-refractivity contribution in [3.05, 3.63) is 18.2 Å². The van der Waals surface area contributed by atoms with E-state index in [1.54, 1.807) is 23.5 Å². The van der Waals surface area contributed by atoms with Crippen molar-refractivity contribution in [2.24, 2.45) is 5.41 Å². The van der Waals surface area contributed by atoms with Crippen molar-refractivity contribution in [2.75, 3.05) is 30.5 Å². The van der Waals surface area contributed by atoms with Crippen molar-refractivity contribution < 1.29 is 4.79 Å². The largest absolute Gasteiger partial charge is 0.294 e. The minimum Gasteiger partial charge on any atom is -0.294 e. The quantitative estimate of drug-likeness (QED) is 0.574. The number of carbonyl (C=O) groups is 1. The van der Waals surface area contributed by atoms with Crippen LogP contribution in [-0.4, -0.2) is 42.6 Å². The lowest BCUT2D eigenvalue weighted by molar-refractivity contribution is -0.144. The van der Waals surface area contributed by atoms with Crippen molar-refractivity contribution in [1.29, 1.82) is 0 Å². The number of hydrogen-bond acceptors (Lipinski definition) is 4. The van der Waals surface area contributed by atoms with Crippen LogP contribution in [0.25, 0.3) is 0 Å². The maximum absolute atomic E-state index is 12.7. The monoisotopic (exact) mass is 338 g/mol. The van der Waals surface area contributed by atoms with E-state index < -0.39 is 0 Å². The molecule has 0 aromatic heterocycles. The van der Waals surface area contributed by atoms with Crippen LogP contribution < -0.4 is 4.90 Å². The second kappa shape index (κ2) is 6.85. The van der Waals surface area contributed by atoms with E-state index in [-0.39, 0.29) is 17.5 Å². The number of β-lactam (4-membered cyclic amide) rings is 1. The molecule has 122 valence electrons. The highest BCUT2D eigenvalue weighted by atomic mass is 32.2. The smallest absolute Gasteiger partial charge is 0.237 e. The average Bonchev–Trinajstić information content (AvgIpc) is 2.54. The van der Waals surface area contributed by atoms with Gasteiger partial charge >= 0.3 is 0 Å². The summed E-state index contributed by atoms with van der Waals surface area (Å²) in [5.41, 5.74) is 0.701. The zero-order valence-corrected chi connectivity index (χ0v) is 16.0. The Morgan fingerprint density at radius 1 is 1.14 bits per heavy atom. The first-order valence-electron chi connectivity index (χ1n) is 7.72. The molecule has 1 aliphatic heterocycles. The molecule has 0 bridgehead atoms. The van der Waals surface area contributed by atoms with Gasteiger partial charge in [-0.1, -0.05) is 13.8 Å². The summed E-state index contributed by atoms with van der Waals surface area (Å²) in [6, 6.07) is 6.36. The molecule has 1 aromatic carbocycles. The van der Waals surface area contributed by atoms with E-state index in [4.69, 9.17) is 0 Å². The molecule has 0 N–H and O–H groups in total. The van der Waals surface area contributed by atoms with Gasteiger partial charge in [0.1, 0.15) is 6.17 Å². The third-order valence-electron chi connectivity index (χ3n) is 4.46. The number of benzene rings is 1. The van der Waals surface area contributed by atoms with Gasteiger partial charge in [-0.25, -0.2) is 0 Å². The molecule has 1 fully saturated rings. The molecule has 1 unspecified atom stereocenters. The Bertz CT molecular complexity index is 556. The molecule has 1 saturated heterocycles. The lowest BCUT2D eigenvalue weighted by Gasteiger charge is -2.56. The van der Waals surface area contributed by atoms with Crippen LogP contribution in [0.2, 0.25) is 0 Å². The van der Waals surface area contributed by atoms with Crippen LogP contribution in [0, 0.1) is 5.41 Å². The number of nitrogens with zero attached hydrogens (tertiary/aromatic N) is 2. The molecule has 1 amide bonds. The van der Waals surface area contributed by atoms with Crippen molar-refractivity contribution in [2.45, 2.75) is 43.7 Å². The number of carbonyl (C=O) groups excluding carboxylic acids is 1. The maximum atomic E-state index is 12.7. The summed E-state index contributed by atoms with van der Waals surface area (Å²) in [5, 5.41) is 0. The number of thioether (sulfide) groups is 2. The lowest BCUT2D eigenvalue weighted by atomic mass is 9.77. The average molecular weight is 339 g/mol. The van der Waals surface area contributed by atoms with Crippen LogP contribution in [0.5, 0.6) is 0 Å². The van der Waals surface area contributed by atoms with E-state index in [1.807, 2.05) is 4.90 Å². The van der Waals surface area contributed by atoms with E-state index in [0.717, 1.165) is 18.8 Å². The van der Waals surface area contributed by atoms with Crippen molar-refractivity contribution >= 4 is 35.1 Å². The second-order valence-corrected chi connectivity index (χ2v) is 7.73. The first-order valence-corrected chi connectivity index (χ1v) is 10.2. The van der Waals surface area contributed by atoms with Crippen molar-refractivity contribution in [1.82, 2.24) is 4.90 Å². The fourth-order valence-corrected chi connectivity index (χ4v) is 4.68. The fourth-order valence-electron chi connectivity index (χ4n) is 3.21. The van der Waals surface area contributed by atoms with Gasteiger partial charge in [0.2, 0.25) is 5.91 Å². The van der Waals surface area contributed by atoms with Gasteiger partial charge in [-0.05, 0) is 57.6 Å². The van der Waals surface area contributed by atoms with Gasteiger partial charge in [-0.2, -0.15) is 0 Å². The highest BCUT2D eigenvalue weighted by Gasteiger charge is 2.56. The third kappa shape index (κ3) is 2.79. The zero-order valence-electron chi connectivity index (χ0n) is 14.3. The Labute approximate surface area is 142 Å². The third-order valence-corrected chi connectivity index (χ3v) is 6.17. The van der Waals surface area contributed by atoms with Crippen molar-refractivity contribution in [3.8, 4) is 0 Å². The van der Waals surface area contributed by atoms with Gasteiger partial charge in [0.05, 0.1) is 5.41 Å². The summed E-state index contributed by atoms with van der Waals surface area (Å²) < 4.78 is 0. The molecule has 0 radical (unpaired) electrons. The summed E-state index contributed by atoms with van der Waals surface area (Å²) in [5.74, 6) is 0.216. The van der Waals surface area contributed by atoms with Gasteiger partial charge in [0.25, 0.3) is 0 Å². The molecule has 1 heterocycles. The molecule has 5 heteroatoms. The van der Waals surface area contributed by atoms with Crippen molar-refractivity contribution in [3.63, 3.8) is 0 Å². The number of anilines is 1. The topological polar surface area (TPSA) is 23.6 Å². The van der Waals surface area contributed by atoms with Gasteiger partial charge < -0.3 is 0 Å². The molecular weight excluding hydrogens is 312 g/mol. The van der Waals surface area contributed by atoms with Crippen LogP contribution in [0.15, 0.2) is 28.0 Å². The van der Waals surface area contributed by atoms with E-state index in [9.17, 15) is 4.79 Å². The Morgan fingerprint density at radius 2 is 1.73 bits per heavy atom. The Balaban J connectivity index is 2.40. The predicted molar refractivity (Wildman–Crippen MR) is 98.0 cm³/mol. The van der Waals surface area contributed by atoms with Crippen LogP contribution in [0.3, 0.4) is 0 Å². The summed E-state index contributed by atoms with van der Waals surface area (Å²) in [6.45, 7) is 10.3. The second-order valence-electron chi connectivity index (χ2n) is 6.03. The molecule has 3 nitrogen and oxygen atoms in total. The Hall–Kier alpha value is -0.650. The summed E-state index contributed by atoms with van der Waals surface area (Å²) in [7, 11) is 0. The van der Waals surface area contributed by atoms with Gasteiger partial charge in [0, 0.05) is 15.5 Å². The van der Waals surface area contributed by atoms with E-state index in [1.165, 1.54) is 9.79 Å². The maximum Gasteiger partial charge on any atom is 0.237 e.